The van der Waals surface area contributed by atoms with E-state index in [9.17, 15) is 4.79 Å². The highest BCUT2D eigenvalue weighted by molar-refractivity contribution is 5.69. The third-order valence-electron chi connectivity index (χ3n) is 4.46. The van der Waals surface area contributed by atoms with Gasteiger partial charge in [0.25, 0.3) is 0 Å². The van der Waals surface area contributed by atoms with Gasteiger partial charge < -0.3 is 20.3 Å². The number of nitrogens with zero attached hydrogens (tertiary/aromatic N) is 3. The van der Waals surface area contributed by atoms with Gasteiger partial charge in [0.05, 0.1) is 25.5 Å². The van der Waals surface area contributed by atoms with Gasteiger partial charge >= 0.3 is 5.97 Å². The van der Waals surface area contributed by atoms with E-state index in [1.807, 2.05) is 0 Å². The summed E-state index contributed by atoms with van der Waals surface area (Å²) in [6.07, 6.45) is 7.40. The first-order valence-electron chi connectivity index (χ1n) is 8.42. The van der Waals surface area contributed by atoms with E-state index in [2.05, 4.69) is 20.2 Å². The smallest absolute Gasteiger partial charge is 0.317 e. The van der Waals surface area contributed by atoms with Crippen LogP contribution in [0.3, 0.4) is 0 Å². The summed E-state index contributed by atoms with van der Waals surface area (Å²) in [6, 6.07) is 0.592. The third kappa shape index (κ3) is 4.78. The number of nitrogens with one attached hydrogen (secondary N) is 1. The van der Waals surface area contributed by atoms with Crippen molar-refractivity contribution in [2.75, 3.05) is 31.6 Å². The highest BCUT2D eigenvalue weighted by Crippen LogP contribution is 2.34. The Hall–Kier alpha value is -1.93. The predicted molar refractivity (Wildman–Crippen MR) is 87.0 cm³/mol. The van der Waals surface area contributed by atoms with Crippen LogP contribution in [0, 0.1) is 5.92 Å². The molecule has 0 unspecified atom stereocenters. The number of aliphatic carboxylic acids is 1. The summed E-state index contributed by atoms with van der Waals surface area (Å²) in [5.74, 6) is 0.946. The molecule has 8 nitrogen and oxygen atoms in total. The normalized spacial score (nSPS) is 22.9. The lowest BCUT2D eigenvalue weighted by Crippen LogP contribution is -2.52. The molecule has 0 amide bonds. The van der Waals surface area contributed by atoms with Crippen molar-refractivity contribution in [3.63, 3.8) is 0 Å². The van der Waals surface area contributed by atoms with Gasteiger partial charge in [0, 0.05) is 18.6 Å². The Labute approximate surface area is 140 Å². The molecule has 0 aliphatic heterocycles. The first-order valence-corrected chi connectivity index (χ1v) is 8.42. The molecule has 1 aromatic rings. The number of hydrogen-bond donors (Lipinski definition) is 3. The zero-order valence-corrected chi connectivity index (χ0v) is 13.6. The number of aromatic nitrogens is 2. The summed E-state index contributed by atoms with van der Waals surface area (Å²) in [7, 11) is 0. The highest BCUT2D eigenvalue weighted by Gasteiger charge is 2.37. The van der Waals surface area contributed by atoms with Crippen LogP contribution in [-0.2, 0) is 4.79 Å². The van der Waals surface area contributed by atoms with Crippen LogP contribution >= 0.6 is 0 Å². The number of carboxylic acids is 1. The third-order valence-corrected chi connectivity index (χ3v) is 4.46. The van der Waals surface area contributed by atoms with Gasteiger partial charge in [-0.3, -0.25) is 14.7 Å². The summed E-state index contributed by atoms with van der Waals surface area (Å²) >= 11 is 0. The molecular weight excluding hydrogens is 312 g/mol. The fourth-order valence-corrected chi connectivity index (χ4v) is 3.00. The van der Waals surface area contributed by atoms with Crippen LogP contribution in [0.1, 0.15) is 25.7 Å². The molecule has 2 aliphatic carbocycles. The molecule has 2 saturated carbocycles. The SMILES string of the molecule is O=C(O)CN(CC1CC1)C1CC(Nc2cncc(OCCO)n2)C1. The quantitative estimate of drug-likeness (QED) is 0.570. The first kappa shape index (κ1) is 16.9. The van der Waals surface area contributed by atoms with Crippen molar-refractivity contribution in [3.8, 4) is 5.88 Å². The second-order valence-corrected chi connectivity index (χ2v) is 6.55. The van der Waals surface area contributed by atoms with E-state index >= 15 is 0 Å². The van der Waals surface area contributed by atoms with Gasteiger partial charge in [0.1, 0.15) is 12.4 Å². The summed E-state index contributed by atoms with van der Waals surface area (Å²) in [5, 5.41) is 21.2. The van der Waals surface area contributed by atoms with Crippen molar-refractivity contribution >= 4 is 11.8 Å². The van der Waals surface area contributed by atoms with Crippen molar-refractivity contribution in [3.05, 3.63) is 12.4 Å². The molecule has 2 fully saturated rings. The van der Waals surface area contributed by atoms with Crippen molar-refractivity contribution < 1.29 is 19.7 Å². The number of anilines is 1. The van der Waals surface area contributed by atoms with Crippen LogP contribution in [0.15, 0.2) is 12.4 Å². The molecule has 0 atom stereocenters. The molecule has 0 spiro atoms. The lowest BCUT2D eigenvalue weighted by molar-refractivity contribution is -0.139. The maximum absolute atomic E-state index is 11.0. The Balaban J connectivity index is 1.47. The summed E-state index contributed by atoms with van der Waals surface area (Å²) in [4.78, 5) is 21.5. The van der Waals surface area contributed by atoms with E-state index in [4.69, 9.17) is 14.9 Å². The van der Waals surface area contributed by atoms with E-state index in [0.717, 1.165) is 19.4 Å². The second-order valence-electron chi connectivity index (χ2n) is 6.55. The Morgan fingerprint density at radius 2 is 2.17 bits per heavy atom. The van der Waals surface area contributed by atoms with Gasteiger partial charge in [-0.25, -0.2) is 0 Å². The van der Waals surface area contributed by atoms with Crippen LogP contribution in [0.4, 0.5) is 5.82 Å². The predicted octanol–water partition coefficient (Wildman–Crippen LogP) is 0.587. The van der Waals surface area contributed by atoms with Crippen LogP contribution in [-0.4, -0.2) is 69.4 Å². The van der Waals surface area contributed by atoms with Crippen molar-refractivity contribution in [1.82, 2.24) is 14.9 Å². The Bertz CT molecular complexity index is 561. The number of rotatable bonds is 10. The van der Waals surface area contributed by atoms with Gasteiger partial charge in [-0.2, -0.15) is 4.98 Å². The van der Waals surface area contributed by atoms with E-state index in [1.165, 1.54) is 19.0 Å². The minimum Gasteiger partial charge on any atom is -0.480 e. The van der Waals surface area contributed by atoms with Crippen molar-refractivity contribution in [2.45, 2.75) is 37.8 Å². The molecule has 132 valence electrons. The molecule has 2 aliphatic rings. The molecule has 0 saturated heterocycles. The molecule has 1 aromatic heterocycles. The molecule has 0 radical (unpaired) electrons. The maximum atomic E-state index is 11.0. The molecule has 3 N–H and O–H groups in total. The number of aliphatic hydroxyl groups excluding tert-OH is 1. The summed E-state index contributed by atoms with van der Waals surface area (Å²) < 4.78 is 5.25. The van der Waals surface area contributed by atoms with E-state index in [0.29, 0.717) is 23.7 Å². The van der Waals surface area contributed by atoms with Gasteiger partial charge in [-0.05, 0) is 31.6 Å². The van der Waals surface area contributed by atoms with E-state index < -0.39 is 5.97 Å². The Morgan fingerprint density at radius 3 is 2.83 bits per heavy atom. The highest BCUT2D eigenvalue weighted by atomic mass is 16.5. The van der Waals surface area contributed by atoms with Gasteiger partial charge in [-0.1, -0.05) is 0 Å². The second kappa shape index (κ2) is 7.76. The topological polar surface area (TPSA) is 108 Å². The van der Waals surface area contributed by atoms with Gasteiger partial charge in [0.2, 0.25) is 5.88 Å². The largest absolute Gasteiger partial charge is 0.480 e. The van der Waals surface area contributed by atoms with Crippen molar-refractivity contribution in [2.24, 2.45) is 5.92 Å². The monoisotopic (exact) mass is 336 g/mol. The van der Waals surface area contributed by atoms with E-state index in [1.54, 1.807) is 6.20 Å². The number of hydrogen-bond acceptors (Lipinski definition) is 7. The molecule has 3 rings (SSSR count). The lowest BCUT2D eigenvalue weighted by Gasteiger charge is -2.42. The Kier molecular flexibility index (Phi) is 5.47. The van der Waals surface area contributed by atoms with Crippen LogP contribution < -0.4 is 10.1 Å². The lowest BCUT2D eigenvalue weighted by atomic mass is 9.85. The van der Waals surface area contributed by atoms with Gasteiger partial charge in [-0.15, -0.1) is 0 Å². The molecule has 0 bridgehead atoms. The fourth-order valence-electron chi connectivity index (χ4n) is 3.00. The van der Waals surface area contributed by atoms with Crippen LogP contribution in [0.5, 0.6) is 5.88 Å². The standard InChI is InChI=1S/C16H24N4O4/c21-3-4-24-15-8-17-7-14(19-15)18-12-5-13(6-12)20(10-16(22)23)9-11-1-2-11/h7-8,11-13,21H,1-6,9-10H2,(H,18,19)(H,22,23). The molecule has 8 heteroatoms. The van der Waals surface area contributed by atoms with Crippen LogP contribution in [0.2, 0.25) is 0 Å². The molecular formula is C16H24N4O4. The molecule has 1 heterocycles. The number of carboxylic acid groups (broad SMARTS) is 1. The van der Waals surface area contributed by atoms with Crippen LogP contribution in [0.25, 0.3) is 0 Å². The number of aliphatic hydroxyl groups is 1. The number of carbonyl (C=O) groups is 1. The fraction of sp³-hybridized carbons (Fsp3) is 0.688. The zero-order valence-electron chi connectivity index (χ0n) is 13.6. The average molecular weight is 336 g/mol. The average Bonchev–Trinajstić information content (AvgIpc) is 3.32. The molecule has 24 heavy (non-hydrogen) atoms. The minimum atomic E-state index is -0.758. The zero-order chi connectivity index (χ0) is 16.9. The summed E-state index contributed by atoms with van der Waals surface area (Å²) in [5.41, 5.74) is 0. The molecule has 0 aromatic carbocycles. The number of ether oxygens (including phenoxy) is 1. The van der Waals surface area contributed by atoms with E-state index in [-0.39, 0.29) is 25.8 Å². The van der Waals surface area contributed by atoms with Gasteiger partial charge in [0.15, 0.2) is 0 Å². The first-order chi connectivity index (χ1) is 11.6. The Morgan fingerprint density at radius 1 is 1.38 bits per heavy atom. The van der Waals surface area contributed by atoms with Crippen molar-refractivity contribution in [1.29, 1.82) is 0 Å². The maximum Gasteiger partial charge on any atom is 0.317 e. The summed E-state index contributed by atoms with van der Waals surface area (Å²) in [6.45, 7) is 1.14. The minimum absolute atomic E-state index is 0.0654.